The molecule has 1 aliphatic rings. The lowest BCUT2D eigenvalue weighted by Crippen LogP contribution is -2.53. The number of rotatable bonds is 4. The molecule has 0 bridgehead atoms. The van der Waals surface area contributed by atoms with Crippen molar-refractivity contribution in [1.82, 2.24) is 0 Å². The molecular weight excluding hydrogens is 180 g/mol. The van der Waals surface area contributed by atoms with Crippen LogP contribution in [0.15, 0.2) is 0 Å². The molecule has 3 nitrogen and oxygen atoms in total. The first kappa shape index (κ1) is 11.5. The number of aliphatic hydroxyl groups is 1. The molecule has 0 heterocycles. The first-order chi connectivity index (χ1) is 6.53. The quantitative estimate of drug-likeness (QED) is 0.705. The van der Waals surface area contributed by atoms with Crippen LogP contribution in [0.1, 0.15) is 46.5 Å². The molecule has 3 atom stereocenters. The fourth-order valence-electron chi connectivity index (χ4n) is 1.59. The first-order valence-corrected chi connectivity index (χ1v) is 5.46. The van der Waals surface area contributed by atoms with Crippen LogP contribution in [-0.4, -0.2) is 22.8 Å². The summed E-state index contributed by atoms with van der Waals surface area (Å²) in [5, 5.41) is 9.90. The van der Waals surface area contributed by atoms with Gasteiger partial charge in [-0.25, -0.2) is 0 Å². The van der Waals surface area contributed by atoms with E-state index in [1.165, 1.54) is 0 Å². The van der Waals surface area contributed by atoms with E-state index in [0.29, 0.717) is 6.42 Å². The summed E-state index contributed by atoms with van der Waals surface area (Å²) >= 11 is 0. The van der Waals surface area contributed by atoms with Gasteiger partial charge in [-0.3, -0.25) is 4.79 Å². The number of ether oxygens (including phenoxy) is 1. The molecule has 14 heavy (non-hydrogen) atoms. The normalized spacial score (nSPS) is 33.3. The maximum atomic E-state index is 11.4. The second-order valence-corrected chi connectivity index (χ2v) is 4.23. The summed E-state index contributed by atoms with van der Waals surface area (Å²) in [5.74, 6) is -0.235. The number of esters is 1. The highest BCUT2D eigenvalue weighted by molar-refractivity contribution is 5.72. The van der Waals surface area contributed by atoms with E-state index in [0.717, 1.165) is 19.3 Å². The monoisotopic (exact) mass is 200 g/mol. The van der Waals surface area contributed by atoms with E-state index in [2.05, 4.69) is 0 Å². The van der Waals surface area contributed by atoms with Crippen LogP contribution in [0.25, 0.3) is 0 Å². The van der Waals surface area contributed by atoms with Gasteiger partial charge in [0.15, 0.2) is 0 Å². The standard InChI is InChI=1S/C11H20O3/c1-4-8(3)10(12)14-9-6-7-11(9,13)5-2/h8-9,13H,4-7H2,1-3H3. The highest BCUT2D eigenvalue weighted by Crippen LogP contribution is 2.37. The average Bonchev–Trinajstić information content (AvgIpc) is 2.21. The molecule has 0 amide bonds. The third kappa shape index (κ3) is 2.08. The van der Waals surface area contributed by atoms with Gasteiger partial charge in [0.2, 0.25) is 0 Å². The molecule has 0 saturated heterocycles. The zero-order valence-corrected chi connectivity index (χ0v) is 9.25. The Morgan fingerprint density at radius 3 is 2.64 bits per heavy atom. The van der Waals surface area contributed by atoms with Crippen LogP contribution in [0.2, 0.25) is 0 Å². The van der Waals surface area contributed by atoms with E-state index in [1.807, 2.05) is 20.8 Å². The van der Waals surface area contributed by atoms with Crippen LogP contribution in [-0.2, 0) is 9.53 Å². The molecule has 1 saturated carbocycles. The van der Waals surface area contributed by atoms with Crippen molar-refractivity contribution in [2.75, 3.05) is 0 Å². The van der Waals surface area contributed by atoms with Gasteiger partial charge in [0.1, 0.15) is 11.7 Å². The van der Waals surface area contributed by atoms with E-state index in [-0.39, 0.29) is 18.0 Å². The minimum absolute atomic E-state index is 0.0586. The summed E-state index contributed by atoms with van der Waals surface area (Å²) in [6.07, 6.45) is 2.73. The third-order valence-corrected chi connectivity index (χ3v) is 3.32. The second kappa shape index (κ2) is 4.30. The Morgan fingerprint density at radius 2 is 2.29 bits per heavy atom. The van der Waals surface area contributed by atoms with E-state index in [9.17, 15) is 9.90 Å². The fraction of sp³-hybridized carbons (Fsp3) is 0.909. The Bertz CT molecular complexity index is 211. The summed E-state index contributed by atoms with van der Waals surface area (Å²) in [6.45, 7) is 5.73. The van der Waals surface area contributed by atoms with Crippen LogP contribution >= 0.6 is 0 Å². The van der Waals surface area contributed by atoms with Gasteiger partial charge >= 0.3 is 5.97 Å². The highest BCUT2D eigenvalue weighted by atomic mass is 16.6. The molecule has 3 unspecified atom stereocenters. The summed E-state index contributed by atoms with van der Waals surface area (Å²) < 4.78 is 5.26. The summed E-state index contributed by atoms with van der Waals surface area (Å²) in [4.78, 5) is 11.4. The van der Waals surface area contributed by atoms with Gasteiger partial charge in [-0.05, 0) is 25.7 Å². The van der Waals surface area contributed by atoms with E-state index < -0.39 is 5.60 Å². The molecule has 1 rings (SSSR count). The molecule has 82 valence electrons. The number of hydrogen-bond acceptors (Lipinski definition) is 3. The topological polar surface area (TPSA) is 46.5 Å². The molecule has 1 fully saturated rings. The molecule has 0 aromatic rings. The van der Waals surface area contributed by atoms with Gasteiger partial charge in [0.25, 0.3) is 0 Å². The molecule has 1 N–H and O–H groups in total. The maximum Gasteiger partial charge on any atom is 0.309 e. The predicted molar refractivity (Wildman–Crippen MR) is 53.8 cm³/mol. The van der Waals surface area contributed by atoms with Crippen LogP contribution in [0.3, 0.4) is 0 Å². The van der Waals surface area contributed by atoms with Crippen molar-refractivity contribution in [2.24, 2.45) is 5.92 Å². The zero-order chi connectivity index (χ0) is 10.8. The predicted octanol–water partition coefficient (Wildman–Crippen LogP) is 1.88. The van der Waals surface area contributed by atoms with Gasteiger partial charge in [-0.1, -0.05) is 20.8 Å². The zero-order valence-electron chi connectivity index (χ0n) is 9.25. The Morgan fingerprint density at radius 1 is 1.64 bits per heavy atom. The van der Waals surface area contributed by atoms with Crippen molar-refractivity contribution < 1.29 is 14.6 Å². The summed E-state index contributed by atoms with van der Waals surface area (Å²) in [7, 11) is 0. The van der Waals surface area contributed by atoms with Crippen molar-refractivity contribution in [1.29, 1.82) is 0 Å². The first-order valence-electron chi connectivity index (χ1n) is 5.46. The molecule has 0 aromatic heterocycles. The Hall–Kier alpha value is -0.570. The molecule has 3 heteroatoms. The molecule has 1 aliphatic carbocycles. The summed E-state index contributed by atoms with van der Waals surface area (Å²) in [5.41, 5.74) is -0.747. The van der Waals surface area contributed by atoms with Crippen LogP contribution in [0, 0.1) is 5.92 Å². The van der Waals surface area contributed by atoms with Crippen molar-refractivity contribution in [3.8, 4) is 0 Å². The molecule has 0 aromatic carbocycles. The van der Waals surface area contributed by atoms with Gasteiger partial charge in [-0.15, -0.1) is 0 Å². The van der Waals surface area contributed by atoms with Crippen molar-refractivity contribution in [2.45, 2.75) is 58.2 Å². The number of carbonyl (C=O) groups is 1. The Labute approximate surface area is 85.5 Å². The fourth-order valence-corrected chi connectivity index (χ4v) is 1.59. The smallest absolute Gasteiger partial charge is 0.309 e. The Balaban J connectivity index is 2.42. The van der Waals surface area contributed by atoms with Crippen molar-refractivity contribution in [3.05, 3.63) is 0 Å². The van der Waals surface area contributed by atoms with Gasteiger partial charge < -0.3 is 9.84 Å². The minimum Gasteiger partial charge on any atom is -0.459 e. The lowest BCUT2D eigenvalue weighted by molar-refractivity contribution is -0.193. The van der Waals surface area contributed by atoms with E-state index in [1.54, 1.807) is 0 Å². The SMILES string of the molecule is CCC(C)C(=O)OC1CCC1(O)CC. The third-order valence-electron chi connectivity index (χ3n) is 3.32. The Kier molecular flexibility index (Phi) is 3.53. The van der Waals surface area contributed by atoms with Gasteiger partial charge in [-0.2, -0.15) is 0 Å². The number of hydrogen-bond donors (Lipinski definition) is 1. The lowest BCUT2D eigenvalue weighted by atomic mass is 9.75. The molecule has 0 radical (unpaired) electrons. The highest BCUT2D eigenvalue weighted by Gasteiger charge is 2.46. The largest absolute Gasteiger partial charge is 0.459 e. The molecular formula is C11H20O3. The second-order valence-electron chi connectivity index (χ2n) is 4.23. The van der Waals surface area contributed by atoms with Crippen LogP contribution in [0.4, 0.5) is 0 Å². The molecule has 0 aliphatic heterocycles. The van der Waals surface area contributed by atoms with Gasteiger partial charge in [0.05, 0.1) is 5.92 Å². The van der Waals surface area contributed by atoms with E-state index in [4.69, 9.17) is 4.74 Å². The van der Waals surface area contributed by atoms with Crippen LogP contribution in [0.5, 0.6) is 0 Å². The van der Waals surface area contributed by atoms with Crippen molar-refractivity contribution in [3.63, 3.8) is 0 Å². The lowest BCUT2D eigenvalue weighted by Gasteiger charge is -2.44. The van der Waals surface area contributed by atoms with Crippen LogP contribution < -0.4 is 0 Å². The number of carbonyl (C=O) groups excluding carboxylic acids is 1. The molecule has 0 spiro atoms. The average molecular weight is 200 g/mol. The summed E-state index contributed by atoms with van der Waals surface area (Å²) in [6, 6.07) is 0. The van der Waals surface area contributed by atoms with Crippen molar-refractivity contribution >= 4 is 5.97 Å². The van der Waals surface area contributed by atoms with Gasteiger partial charge in [0, 0.05) is 0 Å². The maximum absolute atomic E-state index is 11.4. The minimum atomic E-state index is -0.747. The van der Waals surface area contributed by atoms with E-state index >= 15 is 0 Å².